The number of fused-ring (bicyclic) bond motifs is 2. The molecule has 108 valence electrons. The Bertz CT molecular complexity index is 527. The number of carbonyl (C=O) groups is 2. The van der Waals surface area contributed by atoms with Gasteiger partial charge in [-0.2, -0.15) is 0 Å². The van der Waals surface area contributed by atoms with Crippen LogP contribution >= 0.6 is 11.6 Å². The predicted molar refractivity (Wildman–Crippen MR) is 71.7 cm³/mol. The number of carboxylic acids is 1. The Morgan fingerprint density at radius 1 is 1.35 bits per heavy atom. The summed E-state index contributed by atoms with van der Waals surface area (Å²) >= 11 is 5.88. The monoisotopic (exact) mass is 297 g/mol. The number of aliphatic carboxylic acids is 1. The molecule has 1 N–H and O–H groups in total. The zero-order valence-electron chi connectivity index (χ0n) is 10.9. The largest absolute Gasteiger partial charge is 0.481 e. The van der Waals surface area contributed by atoms with Gasteiger partial charge in [0.25, 0.3) is 5.91 Å². The van der Waals surface area contributed by atoms with Crippen LogP contribution in [-0.2, 0) is 4.79 Å². The van der Waals surface area contributed by atoms with Gasteiger partial charge in [0.1, 0.15) is 0 Å². The van der Waals surface area contributed by atoms with Crippen LogP contribution in [0.5, 0.6) is 0 Å². The van der Waals surface area contributed by atoms with Crippen LogP contribution < -0.4 is 0 Å². The molecule has 2 bridgehead atoms. The molecule has 0 spiro atoms. The van der Waals surface area contributed by atoms with E-state index in [2.05, 4.69) is 0 Å². The van der Waals surface area contributed by atoms with E-state index in [1.54, 1.807) is 6.07 Å². The minimum atomic E-state index is -0.757. The Hall–Kier alpha value is -1.49. The van der Waals surface area contributed by atoms with Gasteiger partial charge in [-0.15, -0.1) is 0 Å². The van der Waals surface area contributed by atoms with E-state index in [1.807, 2.05) is 4.90 Å². The highest BCUT2D eigenvalue weighted by Crippen LogP contribution is 2.41. The van der Waals surface area contributed by atoms with Crippen LogP contribution in [0.2, 0.25) is 5.22 Å². The van der Waals surface area contributed by atoms with Gasteiger partial charge in [-0.1, -0.05) is 0 Å². The summed E-state index contributed by atoms with van der Waals surface area (Å²) in [5.41, 5.74) is 0.403. The quantitative estimate of drug-likeness (QED) is 0.931. The summed E-state index contributed by atoms with van der Waals surface area (Å²) in [5, 5.41) is 9.04. The summed E-state index contributed by atoms with van der Waals surface area (Å²) in [7, 11) is 0. The molecule has 2 fully saturated rings. The number of hydrogen-bond donors (Lipinski definition) is 1. The number of carboxylic acid groups (broad SMARTS) is 1. The van der Waals surface area contributed by atoms with Gasteiger partial charge in [-0.3, -0.25) is 9.59 Å². The van der Waals surface area contributed by atoms with E-state index >= 15 is 0 Å². The van der Waals surface area contributed by atoms with E-state index < -0.39 is 5.97 Å². The second-order valence-electron chi connectivity index (χ2n) is 5.64. The Kier molecular flexibility index (Phi) is 3.46. The van der Waals surface area contributed by atoms with Crippen LogP contribution in [0.25, 0.3) is 0 Å². The van der Waals surface area contributed by atoms with Crippen molar-refractivity contribution in [1.29, 1.82) is 0 Å². The van der Waals surface area contributed by atoms with Crippen molar-refractivity contribution in [2.45, 2.75) is 44.2 Å². The van der Waals surface area contributed by atoms with Crippen molar-refractivity contribution in [3.05, 3.63) is 23.1 Å². The first-order valence-electron chi connectivity index (χ1n) is 6.83. The highest BCUT2D eigenvalue weighted by atomic mass is 35.5. The molecule has 20 heavy (non-hydrogen) atoms. The summed E-state index contributed by atoms with van der Waals surface area (Å²) in [6, 6.07) is 1.86. The number of amides is 1. The Balaban J connectivity index is 1.76. The maximum atomic E-state index is 12.5. The van der Waals surface area contributed by atoms with Crippen molar-refractivity contribution < 1.29 is 19.1 Å². The third kappa shape index (κ3) is 2.30. The fraction of sp³-hybridized carbons (Fsp3) is 0.571. The molecule has 0 aromatic carbocycles. The predicted octanol–water partition coefficient (Wildman–Crippen LogP) is 2.79. The van der Waals surface area contributed by atoms with E-state index in [0.29, 0.717) is 5.56 Å². The molecule has 5 nitrogen and oxygen atoms in total. The first-order chi connectivity index (χ1) is 9.56. The number of piperidine rings is 1. The van der Waals surface area contributed by atoms with Crippen LogP contribution in [-0.4, -0.2) is 34.0 Å². The zero-order chi connectivity index (χ0) is 14.3. The zero-order valence-corrected chi connectivity index (χ0v) is 11.7. The number of carbonyl (C=O) groups excluding carboxylic acids is 1. The second-order valence-corrected chi connectivity index (χ2v) is 5.98. The van der Waals surface area contributed by atoms with Crippen LogP contribution in [0.1, 0.15) is 42.5 Å². The van der Waals surface area contributed by atoms with Gasteiger partial charge in [0.15, 0.2) is 0 Å². The number of rotatable bonds is 3. The van der Waals surface area contributed by atoms with Gasteiger partial charge in [0, 0.05) is 18.5 Å². The molecule has 2 aliphatic heterocycles. The van der Waals surface area contributed by atoms with E-state index in [9.17, 15) is 9.59 Å². The Labute approximate surface area is 121 Å². The lowest BCUT2D eigenvalue weighted by molar-refractivity contribution is -0.138. The van der Waals surface area contributed by atoms with Gasteiger partial charge in [-0.25, -0.2) is 0 Å². The van der Waals surface area contributed by atoms with Gasteiger partial charge in [-0.05, 0) is 49.3 Å². The topological polar surface area (TPSA) is 70.8 Å². The molecule has 2 atom stereocenters. The SMILES string of the molecule is O=C(O)CC1CC2CCC(C1)N2C(=O)c1ccoc1Cl. The molecule has 1 aromatic heterocycles. The summed E-state index contributed by atoms with van der Waals surface area (Å²) in [6.07, 6.45) is 5.04. The fourth-order valence-electron chi connectivity index (χ4n) is 3.62. The van der Waals surface area contributed by atoms with Crippen molar-refractivity contribution in [2.24, 2.45) is 5.92 Å². The molecule has 6 heteroatoms. The van der Waals surface area contributed by atoms with Crippen molar-refractivity contribution in [1.82, 2.24) is 4.90 Å². The second kappa shape index (κ2) is 5.13. The number of nitrogens with zero attached hydrogens (tertiary/aromatic N) is 1. The number of halogens is 1. The van der Waals surface area contributed by atoms with Crippen LogP contribution in [0.15, 0.2) is 16.7 Å². The average Bonchev–Trinajstić information content (AvgIpc) is 2.90. The van der Waals surface area contributed by atoms with Crippen LogP contribution in [0.3, 0.4) is 0 Å². The molecule has 1 amide bonds. The molecule has 3 rings (SSSR count). The van der Waals surface area contributed by atoms with Crippen molar-refractivity contribution in [3.8, 4) is 0 Å². The third-order valence-electron chi connectivity index (χ3n) is 4.38. The molecule has 0 aliphatic carbocycles. The minimum absolute atomic E-state index is 0.0926. The lowest BCUT2D eigenvalue weighted by Crippen LogP contribution is -2.46. The molecule has 2 aliphatic rings. The highest BCUT2D eigenvalue weighted by Gasteiger charge is 2.44. The normalized spacial score (nSPS) is 28.6. The number of furan rings is 1. The summed E-state index contributed by atoms with van der Waals surface area (Å²) < 4.78 is 4.98. The van der Waals surface area contributed by atoms with Crippen LogP contribution in [0, 0.1) is 5.92 Å². The average molecular weight is 298 g/mol. The third-order valence-corrected chi connectivity index (χ3v) is 4.67. The highest BCUT2D eigenvalue weighted by molar-refractivity contribution is 6.32. The molecule has 2 saturated heterocycles. The van der Waals surface area contributed by atoms with Crippen molar-refractivity contribution >= 4 is 23.5 Å². The lowest BCUT2D eigenvalue weighted by Gasteiger charge is -2.38. The van der Waals surface area contributed by atoms with Gasteiger partial charge in [0.05, 0.1) is 11.8 Å². The van der Waals surface area contributed by atoms with Crippen molar-refractivity contribution in [2.75, 3.05) is 0 Å². The molecule has 1 aromatic rings. The molecular formula is C14H16ClNO4. The number of hydrogen-bond acceptors (Lipinski definition) is 3. The first-order valence-corrected chi connectivity index (χ1v) is 7.21. The summed E-state index contributed by atoms with van der Waals surface area (Å²) in [5.74, 6) is -0.675. The van der Waals surface area contributed by atoms with Crippen molar-refractivity contribution in [3.63, 3.8) is 0 Å². The van der Waals surface area contributed by atoms with E-state index in [4.69, 9.17) is 21.1 Å². The molecule has 0 radical (unpaired) electrons. The lowest BCUT2D eigenvalue weighted by atomic mass is 9.88. The Morgan fingerprint density at radius 2 is 2.00 bits per heavy atom. The molecule has 3 heterocycles. The summed E-state index contributed by atoms with van der Waals surface area (Å²) in [4.78, 5) is 25.3. The minimum Gasteiger partial charge on any atom is -0.481 e. The smallest absolute Gasteiger partial charge is 0.303 e. The Morgan fingerprint density at radius 3 is 2.50 bits per heavy atom. The standard InChI is InChI=1S/C14H16ClNO4/c15-13-11(3-4-20-13)14(19)16-9-1-2-10(16)6-8(5-9)7-12(17)18/h3-4,8-10H,1-2,5-7H2,(H,17,18). The maximum Gasteiger partial charge on any atom is 0.303 e. The van der Waals surface area contributed by atoms with Gasteiger partial charge >= 0.3 is 5.97 Å². The van der Waals surface area contributed by atoms with Gasteiger partial charge in [0.2, 0.25) is 5.22 Å². The molecular weight excluding hydrogens is 282 g/mol. The van der Waals surface area contributed by atoms with E-state index in [0.717, 1.165) is 25.7 Å². The van der Waals surface area contributed by atoms with E-state index in [1.165, 1.54) is 6.26 Å². The molecule has 0 saturated carbocycles. The maximum absolute atomic E-state index is 12.5. The fourth-order valence-corrected chi connectivity index (χ4v) is 3.82. The molecule has 2 unspecified atom stereocenters. The van der Waals surface area contributed by atoms with E-state index in [-0.39, 0.29) is 35.5 Å². The summed E-state index contributed by atoms with van der Waals surface area (Å²) in [6.45, 7) is 0. The van der Waals surface area contributed by atoms with Gasteiger partial charge < -0.3 is 14.4 Å². The first kappa shape index (κ1) is 13.5. The van der Waals surface area contributed by atoms with Crippen LogP contribution in [0.4, 0.5) is 0 Å².